The molecular weight excluding hydrogens is 662 g/mol. The third kappa shape index (κ3) is 24.1. The first-order valence-corrected chi connectivity index (χ1v) is 15.6. The number of amidine groups is 2. The lowest BCUT2D eigenvalue weighted by atomic mass is 10.1. The summed E-state index contributed by atoms with van der Waals surface area (Å²) >= 11 is 19.4. The van der Waals surface area contributed by atoms with Crippen molar-refractivity contribution >= 4 is 99.2 Å². The van der Waals surface area contributed by atoms with Gasteiger partial charge in [0.25, 0.3) is 0 Å². The first-order valence-electron chi connectivity index (χ1n) is 12.2. The van der Waals surface area contributed by atoms with Crippen LogP contribution >= 0.6 is 83.8 Å². The van der Waals surface area contributed by atoms with Gasteiger partial charge in [0.15, 0.2) is 15.4 Å². The molecule has 0 saturated heterocycles. The summed E-state index contributed by atoms with van der Waals surface area (Å²) in [6.45, 7) is 1.93. The van der Waals surface area contributed by atoms with Gasteiger partial charge in [-0.1, -0.05) is 72.1 Å². The number of aliphatic imine (C=N–C) groups is 2. The molecule has 0 aliphatic rings. The maximum absolute atomic E-state index is 7.57. The second-order valence-corrected chi connectivity index (χ2v) is 9.96. The van der Waals surface area contributed by atoms with Crippen molar-refractivity contribution in [2.75, 3.05) is 48.9 Å². The number of thiocarbonyl (C=S) groups is 1. The molecule has 0 aromatic heterocycles. The van der Waals surface area contributed by atoms with Crippen molar-refractivity contribution in [1.82, 2.24) is 21.3 Å². The van der Waals surface area contributed by atoms with E-state index in [1.165, 1.54) is 11.1 Å². The number of hydrogen-bond donors (Lipinski definition) is 5. The van der Waals surface area contributed by atoms with Crippen LogP contribution in [0.3, 0.4) is 0 Å². The highest BCUT2D eigenvalue weighted by Crippen LogP contribution is 2.21. The molecule has 0 aliphatic carbocycles. The van der Waals surface area contributed by atoms with Gasteiger partial charge in [-0.15, -0.1) is 48.0 Å². The van der Waals surface area contributed by atoms with E-state index in [0.29, 0.717) is 16.9 Å². The number of alkyl halides is 2. The maximum atomic E-state index is 7.57. The predicted molar refractivity (Wildman–Crippen MR) is 197 cm³/mol. The Bertz CT molecular complexity index is 900. The summed E-state index contributed by atoms with van der Waals surface area (Å²) < 4.78 is 0. The third-order valence-electron chi connectivity index (χ3n) is 4.54. The van der Waals surface area contributed by atoms with Crippen LogP contribution in [0.4, 0.5) is 0 Å². The third-order valence-corrected chi connectivity index (χ3v) is 7.76. The molecule has 41 heavy (non-hydrogen) atoms. The summed E-state index contributed by atoms with van der Waals surface area (Å²) in [5.74, 6) is 2.93. The molecule has 0 fully saturated rings. The van der Waals surface area contributed by atoms with Crippen LogP contribution in [-0.2, 0) is 23.3 Å². The molecule has 0 atom stereocenters. The van der Waals surface area contributed by atoms with E-state index < -0.39 is 0 Å². The van der Waals surface area contributed by atoms with E-state index in [4.69, 9.17) is 28.3 Å². The summed E-state index contributed by atoms with van der Waals surface area (Å²) in [6.07, 6.45) is 0. The topological polar surface area (TPSA) is 93.1 Å². The van der Waals surface area contributed by atoms with Crippen LogP contribution in [0.2, 0.25) is 0 Å². The number of hydrogen-bond acceptors (Lipinski definition) is 6. The fraction of sp³-hybridized carbons (Fsp3) is 0.444. The van der Waals surface area contributed by atoms with E-state index >= 15 is 0 Å². The van der Waals surface area contributed by atoms with Gasteiger partial charge in [0.1, 0.15) is 0 Å². The average Bonchev–Trinajstić information content (AvgIpc) is 2.99. The standard InChI is InChI=1S/C14H22N4S2.C8H8Cl2.C3H8N2S.C2H6O.2ClH/c1-15-13(16-2)19-9-11-7-5-6-8-12(11)10-20-14(17-3)18-4;9-5-7-3-1-2-4-8(7)6-10;1-4-3(6)5-2;1-2-3;;/h5-8H,9-10H2,1-4H3,(H,15,16)(H,17,18);1-4H,5-6H2;1-2H3,(H2,4,5,6);3H,2H2,1H3;2*1H. The van der Waals surface area contributed by atoms with E-state index in [1.54, 1.807) is 58.6 Å². The van der Waals surface area contributed by atoms with Crippen molar-refractivity contribution in [2.45, 2.75) is 30.2 Å². The Balaban J connectivity index is -0.000000272. The van der Waals surface area contributed by atoms with Gasteiger partial charge in [-0.05, 0) is 41.4 Å². The van der Waals surface area contributed by atoms with Crippen LogP contribution < -0.4 is 21.3 Å². The summed E-state index contributed by atoms with van der Waals surface area (Å²) in [7, 11) is 11.0. The molecule has 0 spiro atoms. The molecular formula is C27H46Cl4N6OS3. The van der Waals surface area contributed by atoms with Gasteiger partial charge in [-0.25, -0.2) is 0 Å². The summed E-state index contributed by atoms with van der Waals surface area (Å²) in [6, 6.07) is 16.4. The number of aliphatic hydroxyl groups excluding tert-OH is 1. The molecule has 0 heterocycles. The molecule has 5 N–H and O–H groups in total. The van der Waals surface area contributed by atoms with Crippen molar-refractivity contribution < 1.29 is 5.11 Å². The lowest BCUT2D eigenvalue weighted by Gasteiger charge is -2.10. The van der Waals surface area contributed by atoms with E-state index in [0.717, 1.165) is 33.0 Å². The molecule has 0 radical (unpaired) electrons. The highest BCUT2D eigenvalue weighted by atomic mass is 35.5. The van der Waals surface area contributed by atoms with Gasteiger partial charge in [-0.3, -0.25) is 9.98 Å². The van der Waals surface area contributed by atoms with Gasteiger partial charge in [-0.2, -0.15) is 0 Å². The molecule has 7 nitrogen and oxygen atoms in total. The highest BCUT2D eigenvalue weighted by molar-refractivity contribution is 8.13. The number of halogens is 4. The van der Waals surface area contributed by atoms with Crippen LogP contribution in [0.15, 0.2) is 58.5 Å². The normalized spacial score (nSPS) is 9.90. The van der Waals surface area contributed by atoms with Crippen molar-refractivity contribution in [2.24, 2.45) is 9.98 Å². The fourth-order valence-corrected chi connectivity index (χ4v) is 4.79. The van der Waals surface area contributed by atoms with Crippen molar-refractivity contribution in [3.8, 4) is 0 Å². The zero-order valence-corrected chi connectivity index (χ0v) is 30.4. The van der Waals surface area contributed by atoms with Gasteiger partial charge < -0.3 is 26.4 Å². The van der Waals surface area contributed by atoms with Crippen LogP contribution in [0.5, 0.6) is 0 Å². The molecule has 0 unspecified atom stereocenters. The number of nitrogens with one attached hydrogen (secondary N) is 4. The van der Waals surface area contributed by atoms with Gasteiger partial charge in [0.05, 0.1) is 0 Å². The van der Waals surface area contributed by atoms with Crippen molar-refractivity contribution in [3.05, 3.63) is 70.8 Å². The van der Waals surface area contributed by atoms with Crippen LogP contribution in [0.1, 0.15) is 29.2 Å². The largest absolute Gasteiger partial charge is 0.397 e. The Hall–Kier alpha value is -1.11. The minimum Gasteiger partial charge on any atom is -0.397 e. The minimum atomic E-state index is 0. The van der Waals surface area contributed by atoms with Crippen LogP contribution in [0.25, 0.3) is 0 Å². The number of benzene rings is 2. The molecule has 0 amide bonds. The average molecular weight is 709 g/mol. The lowest BCUT2D eigenvalue weighted by Crippen LogP contribution is -2.28. The Labute approximate surface area is 283 Å². The van der Waals surface area contributed by atoms with E-state index in [9.17, 15) is 0 Å². The first-order chi connectivity index (χ1) is 18.8. The predicted octanol–water partition coefficient (Wildman–Crippen LogP) is 6.28. The zero-order chi connectivity index (χ0) is 29.9. The molecule has 2 rings (SSSR count). The maximum Gasteiger partial charge on any atom is 0.165 e. The summed E-state index contributed by atoms with van der Waals surface area (Å²) in [5.41, 5.74) is 4.93. The monoisotopic (exact) mass is 706 g/mol. The molecule has 0 saturated carbocycles. The Morgan fingerprint density at radius 3 is 1.20 bits per heavy atom. The number of rotatable bonds is 6. The highest BCUT2D eigenvalue weighted by Gasteiger charge is 2.06. The molecule has 2 aromatic carbocycles. The Morgan fingerprint density at radius 2 is 1.00 bits per heavy atom. The van der Waals surface area contributed by atoms with E-state index in [2.05, 4.69) is 67.7 Å². The number of nitrogens with zero attached hydrogens (tertiary/aromatic N) is 2. The number of aliphatic hydroxyl groups is 1. The van der Waals surface area contributed by atoms with Crippen molar-refractivity contribution in [1.29, 1.82) is 0 Å². The second-order valence-electron chi connectivity index (χ2n) is 7.08. The van der Waals surface area contributed by atoms with E-state index in [-0.39, 0.29) is 31.4 Å². The Morgan fingerprint density at radius 1 is 0.707 bits per heavy atom. The first kappa shape index (κ1) is 46.8. The molecule has 14 heteroatoms. The lowest BCUT2D eigenvalue weighted by molar-refractivity contribution is 0.318. The van der Waals surface area contributed by atoms with Gasteiger partial charge in [0, 0.05) is 72.2 Å². The summed E-state index contributed by atoms with van der Waals surface area (Å²) in [5, 5.41) is 21.8. The molecule has 0 bridgehead atoms. The smallest absolute Gasteiger partial charge is 0.165 e. The van der Waals surface area contributed by atoms with Crippen molar-refractivity contribution in [3.63, 3.8) is 0 Å². The SMILES string of the molecule is CCO.CN=C(NC)SCc1ccccc1CSC(=NC)NC.CNC(=S)NC.Cl.Cl.ClCc1ccccc1CCl. The molecule has 0 aliphatic heterocycles. The van der Waals surface area contributed by atoms with Gasteiger partial charge >= 0.3 is 0 Å². The van der Waals surface area contributed by atoms with Crippen LogP contribution in [0, 0.1) is 0 Å². The molecule has 236 valence electrons. The second kappa shape index (κ2) is 33.4. The number of thioether (sulfide) groups is 2. The van der Waals surface area contributed by atoms with Crippen LogP contribution in [-0.4, -0.2) is 69.4 Å². The van der Waals surface area contributed by atoms with E-state index in [1.807, 2.05) is 38.4 Å². The fourth-order valence-electron chi connectivity index (χ4n) is 2.57. The van der Waals surface area contributed by atoms with Gasteiger partial charge in [0.2, 0.25) is 0 Å². The minimum absolute atomic E-state index is 0. The quantitative estimate of drug-likeness (QED) is 0.104. The molecule has 2 aromatic rings. The zero-order valence-electron chi connectivity index (χ0n) is 24.8. The Kier molecular flexibility index (Phi) is 38.1. The summed E-state index contributed by atoms with van der Waals surface area (Å²) in [4.78, 5) is 8.37.